The van der Waals surface area contributed by atoms with E-state index in [1.165, 1.54) is 36.3 Å². The summed E-state index contributed by atoms with van der Waals surface area (Å²) in [4.78, 5) is 0. The highest BCUT2D eigenvalue weighted by Gasteiger charge is 2.44. The predicted molar refractivity (Wildman–Crippen MR) is 137 cm³/mol. The normalized spacial score (nSPS) is 18.7. The molecule has 1 saturated heterocycles. The number of hydrogen-bond acceptors (Lipinski definition) is 4. The van der Waals surface area contributed by atoms with E-state index in [2.05, 4.69) is 49.7 Å². The fraction of sp³-hybridized carbons (Fsp3) is 0.536. The Bertz CT molecular complexity index is 1180. The molecule has 1 aliphatic heterocycles. The number of methoxy groups -OCH3 is 2. The number of ether oxygens (including phenoxy) is 3. The van der Waals surface area contributed by atoms with Crippen LogP contribution in [0.4, 0.5) is 5.69 Å². The van der Waals surface area contributed by atoms with Crippen LogP contribution in [0.5, 0.6) is 11.5 Å². The average molecular weight is 465 g/mol. The number of fused-ring (bicyclic) bond motifs is 1. The Kier molecular flexibility index (Phi) is 6.30. The maximum atomic E-state index is 5.82. The van der Waals surface area contributed by atoms with Gasteiger partial charge in [-0.1, -0.05) is 13.0 Å². The first-order valence-electron chi connectivity index (χ1n) is 12.7. The molecular formula is C28H38N3O3+. The van der Waals surface area contributed by atoms with Crippen LogP contribution in [0, 0.1) is 12.8 Å². The first-order valence-corrected chi connectivity index (χ1v) is 12.7. The van der Waals surface area contributed by atoms with Gasteiger partial charge < -0.3 is 14.2 Å². The lowest BCUT2D eigenvalue weighted by Gasteiger charge is -2.43. The molecule has 2 aromatic heterocycles. The maximum Gasteiger partial charge on any atom is 0.182 e. The van der Waals surface area contributed by atoms with Crippen molar-refractivity contribution in [2.75, 3.05) is 41.0 Å². The van der Waals surface area contributed by atoms with Crippen LogP contribution in [-0.2, 0) is 11.2 Å². The smallest absolute Gasteiger partial charge is 0.182 e. The highest BCUT2D eigenvalue weighted by Crippen LogP contribution is 2.44. The van der Waals surface area contributed by atoms with Crippen LogP contribution < -0.4 is 14.0 Å². The third-order valence-electron chi connectivity index (χ3n) is 7.86. The van der Waals surface area contributed by atoms with Gasteiger partial charge in [-0.25, -0.2) is 4.52 Å². The predicted octanol–water partition coefficient (Wildman–Crippen LogP) is 5.42. The van der Waals surface area contributed by atoms with Crippen molar-refractivity contribution in [1.82, 2.24) is 14.1 Å². The number of nitrogens with zero attached hydrogens (tertiary/aromatic N) is 3. The lowest BCUT2D eigenvalue weighted by atomic mass is 10.00. The molecule has 182 valence electrons. The fourth-order valence-corrected chi connectivity index (χ4v) is 5.93. The van der Waals surface area contributed by atoms with Gasteiger partial charge in [0.15, 0.2) is 5.69 Å². The van der Waals surface area contributed by atoms with E-state index in [1.807, 2.05) is 6.07 Å². The highest BCUT2D eigenvalue weighted by atomic mass is 16.5. The molecule has 1 unspecified atom stereocenters. The molecule has 6 nitrogen and oxygen atoms in total. The molecule has 1 saturated carbocycles. The summed E-state index contributed by atoms with van der Waals surface area (Å²) >= 11 is 0. The largest absolute Gasteiger partial charge is 0.497 e. The summed E-state index contributed by atoms with van der Waals surface area (Å²) in [7, 11) is 5.87. The molecule has 1 aromatic carbocycles. The van der Waals surface area contributed by atoms with Gasteiger partial charge >= 0.3 is 0 Å². The Morgan fingerprint density at radius 1 is 1.09 bits per heavy atom. The van der Waals surface area contributed by atoms with Gasteiger partial charge in [-0.05, 0) is 49.9 Å². The van der Waals surface area contributed by atoms with E-state index in [9.17, 15) is 0 Å². The summed E-state index contributed by atoms with van der Waals surface area (Å²) in [5.41, 5.74) is 7.04. The number of hydrogen-bond donors (Lipinski definition) is 0. The second kappa shape index (κ2) is 9.23. The van der Waals surface area contributed by atoms with Gasteiger partial charge in [-0.2, -0.15) is 5.10 Å². The third kappa shape index (κ3) is 3.97. The zero-order chi connectivity index (χ0) is 23.9. The molecule has 0 N–H and O–H groups in total. The molecule has 0 amide bonds. The van der Waals surface area contributed by atoms with Crippen LogP contribution in [0.3, 0.4) is 0 Å². The number of rotatable bonds is 8. The van der Waals surface area contributed by atoms with Crippen molar-refractivity contribution < 1.29 is 14.2 Å². The van der Waals surface area contributed by atoms with Crippen LogP contribution in [0.2, 0.25) is 0 Å². The molecule has 3 aromatic rings. The summed E-state index contributed by atoms with van der Waals surface area (Å²) in [5.74, 6) is 2.42. The van der Waals surface area contributed by atoms with E-state index < -0.39 is 0 Å². The highest BCUT2D eigenvalue weighted by molar-refractivity contribution is 5.80. The molecule has 1 atom stereocenters. The van der Waals surface area contributed by atoms with Crippen molar-refractivity contribution >= 4 is 11.2 Å². The van der Waals surface area contributed by atoms with Crippen molar-refractivity contribution in [3.05, 3.63) is 41.6 Å². The van der Waals surface area contributed by atoms with Crippen molar-refractivity contribution in [1.29, 1.82) is 0 Å². The van der Waals surface area contributed by atoms with E-state index >= 15 is 0 Å². The van der Waals surface area contributed by atoms with E-state index in [0.29, 0.717) is 6.04 Å². The van der Waals surface area contributed by atoms with Crippen LogP contribution in [-0.4, -0.2) is 56.7 Å². The summed E-state index contributed by atoms with van der Waals surface area (Å²) in [5, 5.41) is 5.24. The van der Waals surface area contributed by atoms with E-state index in [4.69, 9.17) is 19.3 Å². The Hall–Kier alpha value is -2.57. The Morgan fingerprint density at radius 2 is 1.85 bits per heavy atom. The molecule has 2 aliphatic rings. The van der Waals surface area contributed by atoms with Crippen molar-refractivity contribution in [3.8, 4) is 22.8 Å². The van der Waals surface area contributed by atoms with Crippen LogP contribution in [0.15, 0.2) is 30.3 Å². The Morgan fingerprint density at radius 3 is 2.50 bits per heavy atom. The van der Waals surface area contributed by atoms with Crippen LogP contribution >= 0.6 is 0 Å². The van der Waals surface area contributed by atoms with Crippen molar-refractivity contribution in [2.45, 2.75) is 52.0 Å². The summed E-state index contributed by atoms with van der Waals surface area (Å²) in [6.07, 6.45) is 5.83. The monoisotopic (exact) mass is 464 g/mol. The quantitative estimate of drug-likeness (QED) is 0.418. The number of benzene rings is 1. The molecule has 6 heteroatoms. The number of quaternary nitrogens is 1. The molecule has 34 heavy (non-hydrogen) atoms. The van der Waals surface area contributed by atoms with Crippen molar-refractivity contribution in [2.24, 2.45) is 5.92 Å². The fourth-order valence-electron chi connectivity index (χ4n) is 5.93. The van der Waals surface area contributed by atoms with Crippen molar-refractivity contribution in [3.63, 3.8) is 0 Å². The zero-order valence-electron chi connectivity index (χ0n) is 21.3. The minimum Gasteiger partial charge on any atom is -0.497 e. The molecule has 0 radical (unpaired) electrons. The first-order chi connectivity index (χ1) is 16.5. The van der Waals surface area contributed by atoms with Crippen LogP contribution in [0.1, 0.15) is 43.9 Å². The first kappa shape index (κ1) is 23.2. The van der Waals surface area contributed by atoms with Gasteiger partial charge in [0, 0.05) is 30.4 Å². The second-order valence-electron chi connectivity index (χ2n) is 10.1. The van der Waals surface area contributed by atoms with Gasteiger partial charge in [0.05, 0.1) is 52.8 Å². The van der Waals surface area contributed by atoms with E-state index in [1.54, 1.807) is 14.2 Å². The molecule has 0 bridgehead atoms. The van der Waals surface area contributed by atoms with Crippen LogP contribution in [0.25, 0.3) is 16.8 Å². The molecule has 2 fully saturated rings. The molecule has 1 aliphatic carbocycles. The lowest BCUT2D eigenvalue weighted by molar-refractivity contribution is 0.0436. The Balaban J connectivity index is 1.72. The number of pyridine rings is 1. The molecule has 5 rings (SSSR count). The topological polar surface area (TPSA) is 45.0 Å². The zero-order valence-corrected chi connectivity index (χ0v) is 21.3. The summed E-state index contributed by atoms with van der Waals surface area (Å²) < 4.78 is 20.2. The minimum absolute atomic E-state index is 0.563. The van der Waals surface area contributed by atoms with Gasteiger partial charge in [0.25, 0.3) is 0 Å². The van der Waals surface area contributed by atoms with Gasteiger partial charge in [0.1, 0.15) is 22.7 Å². The Labute approximate surface area is 203 Å². The number of aryl methyl sites for hydroxylation is 2. The SMILES string of the molecule is CCc1nn2c(-c3c(C)cc(OC)cc3OC)cccc2c1[N+](C)(CC1CC1)C1CCOCC1. The second-order valence-corrected chi connectivity index (χ2v) is 10.1. The van der Waals surface area contributed by atoms with E-state index in [-0.39, 0.29) is 0 Å². The van der Waals surface area contributed by atoms with Gasteiger partial charge in [-0.3, -0.25) is 4.48 Å². The maximum absolute atomic E-state index is 5.82. The summed E-state index contributed by atoms with van der Waals surface area (Å²) in [6.45, 7) is 7.25. The third-order valence-corrected chi connectivity index (χ3v) is 7.86. The van der Waals surface area contributed by atoms with Gasteiger partial charge in [-0.15, -0.1) is 0 Å². The molecule has 3 heterocycles. The lowest BCUT2D eigenvalue weighted by Crippen LogP contribution is -2.57. The average Bonchev–Trinajstić information content (AvgIpc) is 3.59. The summed E-state index contributed by atoms with van der Waals surface area (Å²) in [6, 6.07) is 11.2. The van der Waals surface area contributed by atoms with E-state index in [0.717, 1.165) is 71.2 Å². The minimum atomic E-state index is 0.563. The number of aromatic nitrogens is 2. The standard InChI is InChI=1S/C28H38N3O3/c1-6-23-28(31(3,18-20-10-11-20)21-12-14-34-15-13-21)25-9-7-8-24(30(25)29-23)27-19(2)16-22(32-4)17-26(27)33-5/h7-9,16-17,20-21H,6,10-15,18H2,1-5H3/q+1. The molecule has 0 spiro atoms. The van der Waals surface area contributed by atoms with Gasteiger partial charge in [0.2, 0.25) is 0 Å². The molecular weight excluding hydrogens is 426 g/mol.